The Morgan fingerprint density at radius 2 is 2.45 bits per heavy atom. The van der Waals surface area contributed by atoms with Crippen LogP contribution in [0.15, 0.2) is 0 Å². The number of aliphatic carboxylic acids is 1. The fourth-order valence-corrected chi connectivity index (χ4v) is 1.32. The molecule has 0 radical (unpaired) electrons. The van der Waals surface area contributed by atoms with E-state index in [0.717, 1.165) is 6.42 Å². The van der Waals surface area contributed by atoms with Gasteiger partial charge in [-0.2, -0.15) is 0 Å². The van der Waals surface area contributed by atoms with E-state index in [0.29, 0.717) is 6.61 Å². The highest BCUT2D eigenvalue weighted by atomic mass is 16.5. The maximum absolute atomic E-state index is 10.4. The first-order chi connectivity index (χ1) is 5.13. The van der Waals surface area contributed by atoms with Gasteiger partial charge in [-0.3, -0.25) is 4.79 Å². The molecule has 3 unspecified atom stereocenters. The standard InChI is InChI=1S/C7H13NO3/c1-4-2-3-11-6(4)5(8)7(9)10/h4-6H,2-3,8H2,1H3,(H,9,10). The number of carboxylic acids is 1. The largest absolute Gasteiger partial charge is 0.480 e. The lowest BCUT2D eigenvalue weighted by Gasteiger charge is -2.17. The van der Waals surface area contributed by atoms with Gasteiger partial charge in [-0.25, -0.2) is 0 Å². The van der Waals surface area contributed by atoms with E-state index < -0.39 is 12.0 Å². The first-order valence-electron chi connectivity index (χ1n) is 3.73. The second kappa shape index (κ2) is 3.19. The van der Waals surface area contributed by atoms with Crippen molar-refractivity contribution in [2.45, 2.75) is 25.5 Å². The van der Waals surface area contributed by atoms with Gasteiger partial charge in [-0.1, -0.05) is 6.92 Å². The normalized spacial score (nSPS) is 33.6. The molecular weight excluding hydrogens is 146 g/mol. The second-order valence-corrected chi connectivity index (χ2v) is 2.97. The molecule has 4 heteroatoms. The lowest BCUT2D eigenvalue weighted by molar-refractivity contribution is -0.142. The quantitative estimate of drug-likeness (QED) is 0.586. The second-order valence-electron chi connectivity index (χ2n) is 2.97. The molecule has 0 aromatic rings. The predicted octanol–water partition coefficient (Wildman–Crippen LogP) is -0.177. The molecule has 0 saturated carbocycles. The summed E-state index contributed by atoms with van der Waals surface area (Å²) >= 11 is 0. The zero-order valence-corrected chi connectivity index (χ0v) is 6.49. The van der Waals surface area contributed by atoms with E-state index in [2.05, 4.69) is 0 Å². The van der Waals surface area contributed by atoms with Gasteiger partial charge in [0.2, 0.25) is 0 Å². The number of rotatable bonds is 2. The summed E-state index contributed by atoms with van der Waals surface area (Å²) < 4.78 is 5.18. The Morgan fingerprint density at radius 1 is 1.82 bits per heavy atom. The van der Waals surface area contributed by atoms with Crippen molar-refractivity contribution in [1.29, 1.82) is 0 Å². The highest BCUT2D eigenvalue weighted by Gasteiger charge is 2.33. The Hall–Kier alpha value is -0.610. The van der Waals surface area contributed by atoms with E-state index in [1.54, 1.807) is 0 Å². The van der Waals surface area contributed by atoms with E-state index >= 15 is 0 Å². The Kier molecular flexibility index (Phi) is 2.46. The van der Waals surface area contributed by atoms with E-state index in [1.807, 2.05) is 6.92 Å². The molecule has 1 saturated heterocycles. The number of carboxylic acid groups (broad SMARTS) is 1. The van der Waals surface area contributed by atoms with Crippen molar-refractivity contribution in [3.8, 4) is 0 Å². The smallest absolute Gasteiger partial charge is 0.323 e. The van der Waals surface area contributed by atoms with Gasteiger partial charge in [0.25, 0.3) is 0 Å². The van der Waals surface area contributed by atoms with E-state index in [-0.39, 0.29) is 12.0 Å². The Bertz CT molecular complexity index is 160. The van der Waals surface area contributed by atoms with Crippen LogP contribution >= 0.6 is 0 Å². The molecule has 4 nitrogen and oxygen atoms in total. The fraction of sp³-hybridized carbons (Fsp3) is 0.857. The zero-order valence-electron chi connectivity index (χ0n) is 6.49. The third-order valence-electron chi connectivity index (χ3n) is 2.08. The van der Waals surface area contributed by atoms with Gasteiger partial charge in [0.15, 0.2) is 0 Å². The van der Waals surface area contributed by atoms with Crippen LogP contribution in [0, 0.1) is 5.92 Å². The number of hydrogen-bond acceptors (Lipinski definition) is 3. The van der Waals surface area contributed by atoms with Crippen molar-refractivity contribution >= 4 is 5.97 Å². The van der Waals surface area contributed by atoms with Crippen LogP contribution in [0.4, 0.5) is 0 Å². The molecule has 0 spiro atoms. The van der Waals surface area contributed by atoms with Gasteiger partial charge in [0.05, 0.1) is 6.10 Å². The topological polar surface area (TPSA) is 72.5 Å². The molecule has 0 aromatic carbocycles. The Morgan fingerprint density at radius 3 is 2.82 bits per heavy atom. The average molecular weight is 159 g/mol. The van der Waals surface area contributed by atoms with Crippen LogP contribution in [-0.4, -0.2) is 29.8 Å². The zero-order chi connectivity index (χ0) is 8.43. The number of carbonyl (C=O) groups is 1. The first-order valence-corrected chi connectivity index (χ1v) is 3.73. The average Bonchev–Trinajstić information content (AvgIpc) is 2.33. The highest BCUT2D eigenvalue weighted by molar-refractivity contribution is 5.74. The molecule has 64 valence electrons. The molecule has 1 rings (SSSR count). The van der Waals surface area contributed by atoms with Gasteiger partial charge in [0, 0.05) is 6.61 Å². The third-order valence-corrected chi connectivity index (χ3v) is 2.08. The molecule has 1 heterocycles. The lowest BCUT2D eigenvalue weighted by Crippen LogP contribution is -2.44. The van der Waals surface area contributed by atoms with Crippen molar-refractivity contribution in [2.24, 2.45) is 11.7 Å². The minimum absolute atomic E-state index is 0.265. The summed E-state index contributed by atoms with van der Waals surface area (Å²) in [5.41, 5.74) is 5.39. The minimum Gasteiger partial charge on any atom is -0.480 e. The van der Waals surface area contributed by atoms with Crippen LogP contribution in [0.25, 0.3) is 0 Å². The first kappa shape index (κ1) is 8.49. The van der Waals surface area contributed by atoms with Gasteiger partial charge in [-0.15, -0.1) is 0 Å². The maximum atomic E-state index is 10.4. The van der Waals surface area contributed by atoms with E-state index in [9.17, 15) is 4.79 Å². The van der Waals surface area contributed by atoms with E-state index in [1.165, 1.54) is 0 Å². The lowest BCUT2D eigenvalue weighted by atomic mass is 9.98. The van der Waals surface area contributed by atoms with Gasteiger partial charge in [0.1, 0.15) is 6.04 Å². The number of hydrogen-bond donors (Lipinski definition) is 2. The molecule has 3 atom stereocenters. The van der Waals surface area contributed by atoms with Crippen LogP contribution < -0.4 is 5.73 Å². The van der Waals surface area contributed by atoms with Crippen molar-refractivity contribution in [2.75, 3.05) is 6.61 Å². The summed E-state index contributed by atoms with van der Waals surface area (Å²) in [4.78, 5) is 10.4. The van der Waals surface area contributed by atoms with Crippen LogP contribution in [0.3, 0.4) is 0 Å². The Balaban J connectivity index is 2.52. The van der Waals surface area contributed by atoms with Crippen molar-refractivity contribution in [3.05, 3.63) is 0 Å². The summed E-state index contributed by atoms with van der Waals surface area (Å²) in [5, 5.41) is 8.56. The van der Waals surface area contributed by atoms with Crippen LogP contribution in [0.2, 0.25) is 0 Å². The highest BCUT2D eigenvalue weighted by Crippen LogP contribution is 2.21. The Labute approximate surface area is 65.3 Å². The molecule has 0 amide bonds. The monoisotopic (exact) mass is 159 g/mol. The van der Waals surface area contributed by atoms with Gasteiger partial charge < -0.3 is 15.6 Å². The van der Waals surface area contributed by atoms with Gasteiger partial charge in [-0.05, 0) is 12.3 Å². The number of nitrogens with two attached hydrogens (primary N) is 1. The molecule has 1 fully saturated rings. The minimum atomic E-state index is -0.983. The van der Waals surface area contributed by atoms with Gasteiger partial charge >= 0.3 is 5.97 Å². The SMILES string of the molecule is CC1CCOC1C(N)C(=O)O. The van der Waals surface area contributed by atoms with Crippen LogP contribution in [-0.2, 0) is 9.53 Å². The van der Waals surface area contributed by atoms with E-state index in [4.69, 9.17) is 15.6 Å². The molecular formula is C7H13NO3. The molecule has 0 aromatic heterocycles. The fourth-order valence-electron chi connectivity index (χ4n) is 1.32. The maximum Gasteiger partial charge on any atom is 0.323 e. The molecule has 11 heavy (non-hydrogen) atoms. The summed E-state index contributed by atoms with van der Waals surface area (Å²) in [6.45, 7) is 2.59. The third kappa shape index (κ3) is 1.70. The summed E-state index contributed by atoms with van der Waals surface area (Å²) in [6.07, 6.45) is 0.610. The predicted molar refractivity (Wildman–Crippen MR) is 39.1 cm³/mol. The molecule has 0 bridgehead atoms. The van der Waals surface area contributed by atoms with Crippen molar-refractivity contribution in [3.63, 3.8) is 0 Å². The molecule has 0 aliphatic carbocycles. The summed E-state index contributed by atoms with van der Waals surface area (Å²) in [6, 6.07) is -0.868. The van der Waals surface area contributed by atoms with Crippen LogP contribution in [0.5, 0.6) is 0 Å². The number of ether oxygens (including phenoxy) is 1. The molecule has 3 N–H and O–H groups in total. The van der Waals surface area contributed by atoms with Crippen molar-refractivity contribution < 1.29 is 14.6 Å². The summed E-state index contributed by atoms with van der Waals surface area (Å²) in [5.74, 6) is -0.718. The van der Waals surface area contributed by atoms with Crippen LogP contribution in [0.1, 0.15) is 13.3 Å². The van der Waals surface area contributed by atoms with Crippen molar-refractivity contribution in [1.82, 2.24) is 0 Å². The molecule has 1 aliphatic heterocycles. The summed E-state index contributed by atoms with van der Waals surface area (Å²) in [7, 11) is 0. The molecule has 1 aliphatic rings.